The number of pyridine rings is 1. The van der Waals surface area contributed by atoms with Gasteiger partial charge >= 0.3 is 0 Å². The van der Waals surface area contributed by atoms with Crippen molar-refractivity contribution in [2.45, 2.75) is 0 Å². The molecule has 0 aliphatic heterocycles. The molecular formula is C29H20N3OPt-. The van der Waals surface area contributed by atoms with Crippen molar-refractivity contribution in [3.8, 4) is 39.5 Å². The SMILES string of the molecule is Cn1ccnc1-c1[c-]c(-c2cc3ccccc3c(-c3nccc4ccccc34)c2O)ccc1.[Pt]. The number of rotatable bonds is 3. The topological polar surface area (TPSA) is 50.9 Å². The number of imidazole rings is 1. The first-order chi connectivity index (χ1) is 16.2. The van der Waals surface area contributed by atoms with E-state index in [0.717, 1.165) is 55.3 Å². The first kappa shape index (κ1) is 22.1. The van der Waals surface area contributed by atoms with E-state index >= 15 is 0 Å². The van der Waals surface area contributed by atoms with Crippen molar-refractivity contribution in [1.82, 2.24) is 14.5 Å². The zero-order chi connectivity index (χ0) is 22.4. The summed E-state index contributed by atoms with van der Waals surface area (Å²) in [5.74, 6) is 1.03. The summed E-state index contributed by atoms with van der Waals surface area (Å²) >= 11 is 0. The van der Waals surface area contributed by atoms with Crippen molar-refractivity contribution >= 4 is 21.5 Å². The summed E-state index contributed by atoms with van der Waals surface area (Å²) < 4.78 is 1.96. The van der Waals surface area contributed by atoms with Crippen molar-refractivity contribution in [2.75, 3.05) is 0 Å². The number of phenolic OH excluding ortho intramolecular Hbond substituents is 1. The minimum absolute atomic E-state index is 0. The fourth-order valence-electron chi connectivity index (χ4n) is 4.48. The Kier molecular flexibility index (Phi) is 5.77. The van der Waals surface area contributed by atoms with Gasteiger partial charge in [0.15, 0.2) is 0 Å². The van der Waals surface area contributed by atoms with Gasteiger partial charge in [0.2, 0.25) is 0 Å². The molecule has 0 bridgehead atoms. The van der Waals surface area contributed by atoms with Gasteiger partial charge in [0.1, 0.15) is 5.75 Å². The molecule has 2 heterocycles. The largest absolute Gasteiger partial charge is 0.514 e. The van der Waals surface area contributed by atoms with Crippen molar-refractivity contribution in [3.63, 3.8) is 0 Å². The number of fused-ring (bicyclic) bond motifs is 2. The first-order valence-corrected chi connectivity index (χ1v) is 10.8. The van der Waals surface area contributed by atoms with Gasteiger partial charge in [0.25, 0.3) is 0 Å². The van der Waals surface area contributed by atoms with E-state index in [0.29, 0.717) is 0 Å². The summed E-state index contributed by atoms with van der Waals surface area (Å²) in [4.78, 5) is 9.16. The van der Waals surface area contributed by atoms with Crippen LogP contribution in [0.25, 0.3) is 55.3 Å². The standard InChI is InChI=1S/C29H20N3O.Pt/c1-32-16-15-31-29(32)22-10-6-9-20(17-22)25-18-21-8-3-4-11-23(21)26(28(25)33)27-24-12-5-2-7-19(24)13-14-30-27;/h2-16,18,33H,1H3;/q-1;. The summed E-state index contributed by atoms with van der Waals surface area (Å²) in [5, 5.41) is 15.7. The molecule has 6 aromatic rings. The second-order valence-corrected chi connectivity index (χ2v) is 8.09. The van der Waals surface area contributed by atoms with Gasteiger partial charge in [0, 0.05) is 57.7 Å². The van der Waals surface area contributed by atoms with Crippen LogP contribution in [0.5, 0.6) is 5.75 Å². The van der Waals surface area contributed by atoms with E-state index in [2.05, 4.69) is 23.2 Å². The summed E-state index contributed by atoms with van der Waals surface area (Å²) in [6.45, 7) is 0. The number of phenols is 1. The molecule has 0 radical (unpaired) electrons. The average molecular weight is 622 g/mol. The number of nitrogens with zero attached hydrogens (tertiary/aromatic N) is 3. The van der Waals surface area contributed by atoms with Crippen LogP contribution in [0.1, 0.15) is 0 Å². The van der Waals surface area contributed by atoms with Crippen LogP contribution in [0.15, 0.2) is 97.5 Å². The van der Waals surface area contributed by atoms with Crippen LogP contribution in [0.3, 0.4) is 0 Å². The molecule has 0 spiro atoms. The Labute approximate surface area is 211 Å². The smallest absolute Gasteiger partial charge is 0.100 e. The Morgan fingerprint density at radius 1 is 0.765 bits per heavy atom. The normalized spacial score (nSPS) is 11.0. The minimum atomic E-state index is 0. The van der Waals surface area contributed by atoms with E-state index in [1.54, 1.807) is 12.4 Å². The summed E-state index contributed by atoms with van der Waals surface area (Å²) in [6.07, 6.45) is 5.48. The maximum absolute atomic E-state index is 11.6. The Hall–Kier alpha value is -3.75. The molecule has 0 aliphatic rings. The number of hydrogen-bond acceptors (Lipinski definition) is 3. The second-order valence-electron chi connectivity index (χ2n) is 8.09. The zero-order valence-corrected chi connectivity index (χ0v) is 20.6. The van der Waals surface area contributed by atoms with Gasteiger partial charge in [-0.15, -0.1) is 29.8 Å². The molecule has 0 aliphatic carbocycles. The van der Waals surface area contributed by atoms with Gasteiger partial charge in [-0.25, -0.2) is 0 Å². The number of aromatic hydroxyl groups is 1. The molecule has 6 rings (SSSR count). The third kappa shape index (κ3) is 3.61. The number of hydrogen-bond donors (Lipinski definition) is 1. The Bertz CT molecular complexity index is 1650. The molecule has 5 heteroatoms. The van der Waals surface area contributed by atoms with Crippen molar-refractivity contribution in [1.29, 1.82) is 0 Å². The van der Waals surface area contributed by atoms with Gasteiger partial charge in [-0.2, -0.15) is 0 Å². The van der Waals surface area contributed by atoms with Crippen LogP contribution in [-0.2, 0) is 28.1 Å². The van der Waals surface area contributed by atoms with Crippen LogP contribution >= 0.6 is 0 Å². The van der Waals surface area contributed by atoms with E-state index < -0.39 is 0 Å². The van der Waals surface area contributed by atoms with E-state index in [9.17, 15) is 5.11 Å². The molecule has 2 aromatic heterocycles. The third-order valence-corrected chi connectivity index (χ3v) is 6.08. The van der Waals surface area contributed by atoms with Crippen molar-refractivity contribution < 1.29 is 26.2 Å². The molecule has 4 aromatic carbocycles. The maximum Gasteiger partial charge on any atom is 0.100 e. The quantitative estimate of drug-likeness (QED) is 0.226. The summed E-state index contributed by atoms with van der Waals surface area (Å²) in [7, 11) is 1.96. The van der Waals surface area contributed by atoms with Gasteiger partial charge in [-0.1, -0.05) is 60.2 Å². The van der Waals surface area contributed by atoms with E-state index in [4.69, 9.17) is 4.98 Å². The van der Waals surface area contributed by atoms with Crippen LogP contribution in [0, 0.1) is 6.07 Å². The predicted molar refractivity (Wildman–Crippen MR) is 133 cm³/mol. The molecule has 168 valence electrons. The van der Waals surface area contributed by atoms with Gasteiger partial charge in [-0.3, -0.25) is 9.97 Å². The van der Waals surface area contributed by atoms with E-state index in [-0.39, 0.29) is 26.8 Å². The fourth-order valence-corrected chi connectivity index (χ4v) is 4.48. The van der Waals surface area contributed by atoms with Gasteiger partial charge in [0.05, 0.1) is 11.5 Å². The second kappa shape index (κ2) is 8.89. The van der Waals surface area contributed by atoms with Crippen LogP contribution in [0.2, 0.25) is 0 Å². The molecular weight excluding hydrogens is 601 g/mol. The zero-order valence-electron chi connectivity index (χ0n) is 18.3. The Balaban J connectivity index is 0.00000241. The molecule has 1 N–H and O–H groups in total. The summed E-state index contributed by atoms with van der Waals surface area (Å²) in [5.41, 5.74) is 3.90. The summed E-state index contributed by atoms with van der Waals surface area (Å²) in [6, 6.07) is 29.6. The molecule has 34 heavy (non-hydrogen) atoms. The van der Waals surface area contributed by atoms with Gasteiger partial charge < -0.3 is 9.67 Å². The monoisotopic (exact) mass is 621 g/mol. The molecule has 0 saturated carbocycles. The molecule has 0 amide bonds. The van der Waals surface area contributed by atoms with Gasteiger partial charge in [-0.05, 0) is 27.8 Å². The molecule has 0 saturated heterocycles. The minimum Gasteiger partial charge on any atom is -0.514 e. The molecule has 4 nitrogen and oxygen atoms in total. The molecule has 0 fully saturated rings. The number of benzene rings is 4. The average Bonchev–Trinajstić information content (AvgIpc) is 3.29. The van der Waals surface area contributed by atoms with E-state index in [1.807, 2.05) is 84.5 Å². The first-order valence-electron chi connectivity index (χ1n) is 10.8. The van der Waals surface area contributed by atoms with Crippen LogP contribution in [0.4, 0.5) is 0 Å². The predicted octanol–water partition coefficient (Wildman–Crippen LogP) is 6.63. The van der Waals surface area contributed by atoms with Crippen molar-refractivity contribution in [2.24, 2.45) is 7.05 Å². The van der Waals surface area contributed by atoms with Crippen LogP contribution in [-0.4, -0.2) is 19.6 Å². The van der Waals surface area contributed by atoms with Crippen molar-refractivity contribution in [3.05, 3.63) is 104 Å². The third-order valence-electron chi connectivity index (χ3n) is 6.08. The Morgan fingerprint density at radius 2 is 1.50 bits per heavy atom. The Morgan fingerprint density at radius 3 is 2.29 bits per heavy atom. The molecule has 0 atom stereocenters. The number of aryl methyl sites for hydroxylation is 1. The van der Waals surface area contributed by atoms with E-state index in [1.165, 1.54) is 0 Å². The maximum atomic E-state index is 11.6. The number of aromatic nitrogens is 3. The van der Waals surface area contributed by atoms with Crippen LogP contribution < -0.4 is 0 Å². The fraction of sp³-hybridized carbons (Fsp3) is 0.0345. The molecule has 0 unspecified atom stereocenters.